The first-order valence-electron chi connectivity index (χ1n) is 7.10. The summed E-state index contributed by atoms with van der Waals surface area (Å²) >= 11 is 0. The van der Waals surface area contributed by atoms with Crippen LogP contribution in [0.2, 0.25) is 0 Å². The largest absolute Gasteiger partial charge is 0.439 e. The van der Waals surface area contributed by atoms with E-state index in [4.69, 9.17) is 15.2 Å². The Hall–Kier alpha value is -2.14. The average Bonchev–Trinajstić information content (AvgIpc) is 2.46. The van der Waals surface area contributed by atoms with Gasteiger partial charge < -0.3 is 15.2 Å². The lowest BCUT2D eigenvalue weighted by Crippen LogP contribution is -2.02. The van der Waals surface area contributed by atoms with Crippen LogP contribution in [0.25, 0.3) is 0 Å². The van der Waals surface area contributed by atoms with Gasteiger partial charge in [-0.2, -0.15) is 4.98 Å². The third-order valence-electron chi connectivity index (χ3n) is 3.01. The molecule has 1 aromatic heterocycles. The Morgan fingerprint density at radius 2 is 1.90 bits per heavy atom. The van der Waals surface area contributed by atoms with Crippen LogP contribution in [-0.2, 0) is 17.8 Å². The second-order valence-electron chi connectivity index (χ2n) is 4.83. The molecule has 0 fully saturated rings. The number of nitrogens with two attached hydrogens (primary N) is 1. The van der Waals surface area contributed by atoms with E-state index in [0.717, 1.165) is 12.2 Å². The fraction of sp³-hybridized carbons (Fsp3) is 0.375. The van der Waals surface area contributed by atoms with Gasteiger partial charge >= 0.3 is 0 Å². The Balaban J connectivity index is 2.07. The minimum atomic E-state index is 0.303. The van der Waals surface area contributed by atoms with Gasteiger partial charge in [0, 0.05) is 13.2 Å². The van der Waals surface area contributed by atoms with E-state index in [2.05, 4.69) is 29.0 Å². The molecule has 5 heteroatoms. The quantitative estimate of drug-likeness (QED) is 0.845. The molecule has 0 spiro atoms. The highest BCUT2D eigenvalue weighted by molar-refractivity contribution is 5.36. The Labute approximate surface area is 125 Å². The first kappa shape index (κ1) is 15.3. The highest BCUT2D eigenvalue weighted by Gasteiger charge is 2.05. The number of aryl methyl sites for hydroxylation is 1. The summed E-state index contributed by atoms with van der Waals surface area (Å²) in [6.07, 6.45) is 3.49. The molecular weight excluding hydrogens is 266 g/mol. The number of unbranched alkanes of at least 4 members (excludes halogenated alkanes) is 1. The van der Waals surface area contributed by atoms with E-state index in [9.17, 15) is 0 Å². The average molecular weight is 287 g/mol. The van der Waals surface area contributed by atoms with Crippen molar-refractivity contribution in [3.05, 3.63) is 41.7 Å². The number of nitrogen functional groups attached to an aromatic ring is 1. The van der Waals surface area contributed by atoms with Gasteiger partial charge in [-0.3, -0.25) is 0 Å². The van der Waals surface area contributed by atoms with Crippen molar-refractivity contribution in [1.82, 2.24) is 9.97 Å². The monoisotopic (exact) mass is 287 g/mol. The smallest absolute Gasteiger partial charge is 0.224 e. The van der Waals surface area contributed by atoms with E-state index in [1.807, 2.05) is 12.1 Å². The zero-order valence-electron chi connectivity index (χ0n) is 12.5. The molecule has 0 unspecified atom stereocenters. The number of nitrogens with zero attached hydrogens (tertiary/aromatic N) is 2. The highest BCUT2D eigenvalue weighted by Crippen LogP contribution is 2.22. The molecule has 0 radical (unpaired) electrons. The van der Waals surface area contributed by atoms with Gasteiger partial charge in [-0.15, -0.1) is 0 Å². The molecule has 0 amide bonds. The van der Waals surface area contributed by atoms with Gasteiger partial charge in [-0.05, 0) is 30.5 Å². The predicted molar refractivity (Wildman–Crippen MR) is 82.3 cm³/mol. The maximum absolute atomic E-state index is 5.74. The van der Waals surface area contributed by atoms with Crippen molar-refractivity contribution < 1.29 is 9.47 Å². The number of hydrogen-bond donors (Lipinski definition) is 1. The van der Waals surface area contributed by atoms with Crippen molar-refractivity contribution in [2.75, 3.05) is 12.8 Å². The molecule has 0 atom stereocenters. The number of methoxy groups -OCH3 is 1. The van der Waals surface area contributed by atoms with Gasteiger partial charge in [0.1, 0.15) is 18.2 Å². The Bertz CT molecular complexity index is 570. The summed E-state index contributed by atoms with van der Waals surface area (Å²) in [5.74, 6) is 2.03. The van der Waals surface area contributed by atoms with Crippen LogP contribution in [0.3, 0.4) is 0 Å². The molecule has 0 aliphatic rings. The second kappa shape index (κ2) is 7.59. The van der Waals surface area contributed by atoms with Crippen molar-refractivity contribution in [1.29, 1.82) is 0 Å². The molecule has 5 nitrogen and oxygen atoms in total. The van der Waals surface area contributed by atoms with Crippen LogP contribution in [0.1, 0.15) is 31.2 Å². The first-order chi connectivity index (χ1) is 10.2. The van der Waals surface area contributed by atoms with Crippen LogP contribution in [0.4, 0.5) is 5.82 Å². The molecule has 1 heterocycles. The van der Waals surface area contributed by atoms with E-state index >= 15 is 0 Å². The Morgan fingerprint density at radius 1 is 1.14 bits per heavy atom. The van der Waals surface area contributed by atoms with Gasteiger partial charge in [0.15, 0.2) is 5.82 Å². The second-order valence-corrected chi connectivity index (χ2v) is 4.83. The van der Waals surface area contributed by atoms with Crippen molar-refractivity contribution in [2.24, 2.45) is 0 Å². The topological polar surface area (TPSA) is 70.3 Å². The van der Waals surface area contributed by atoms with Crippen LogP contribution < -0.4 is 10.5 Å². The molecule has 2 aromatic rings. The lowest BCUT2D eigenvalue weighted by Gasteiger charge is -2.08. The molecule has 1 aromatic carbocycles. The van der Waals surface area contributed by atoms with Crippen LogP contribution in [-0.4, -0.2) is 17.1 Å². The number of benzene rings is 1. The predicted octanol–water partition coefficient (Wildman–Crippen LogP) is 3.34. The Morgan fingerprint density at radius 3 is 2.57 bits per heavy atom. The lowest BCUT2D eigenvalue weighted by atomic mass is 10.1. The molecule has 112 valence electrons. The summed E-state index contributed by atoms with van der Waals surface area (Å²) in [7, 11) is 1.59. The summed E-state index contributed by atoms with van der Waals surface area (Å²) < 4.78 is 10.7. The maximum atomic E-state index is 5.74. The fourth-order valence-corrected chi connectivity index (χ4v) is 1.96. The van der Waals surface area contributed by atoms with E-state index in [1.54, 1.807) is 13.2 Å². The third-order valence-corrected chi connectivity index (χ3v) is 3.01. The number of aromatic nitrogens is 2. The van der Waals surface area contributed by atoms with Crippen molar-refractivity contribution >= 4 is 5.82 Å². The van der Waals surface area contributed by atoms with Gasteiger partial charge in [-0.1, -0.05) is 25.5 Å². The third kappa shape index (κ3) is 4.72. The van der Waals surface area contributed by atoms with E-state index in [0.29, 0.717) is 24.1 Å². The van der Waals surface area contributed by atoms with E-state index in [1.165, 1.54) is 18.4 Å². The molecular formula is C16H21N3O2. The first-order valence-corrected chi connectivity index (χ1v) is 7.10. The fourth-order valence-electron chi connectivity index (χ4n) is 1.96. The molecule has 0 saturated carbocycles. The van der Waals surface area contributed by atoms with Gasteiger partial charge in [0.2, 0.25) is 5.88 Å². The summed E-state index contributed by atoms with van der Waals surface area (Å²) in [4.78, 5) is 8.33. The molecule has 0 saturated heterocycles. The number of hydrogen-bond acceptors (Lipinski definition) is 5. The minimum Gasteiger partial charge on any atom is -0.439 e. The number of rotatable bonds is 7. The molecule has 0 aliphatic heterocycles. The molecule has 2 rings (SSSR count). The van der Waals surface area contributed by atoms with Gasteiger partial charge in [0.05, 0.1) is 0 Å². The number of anilines is 1. The summed E-state index contributed by atoms with van der Waals surface area (Å²) in [6, 6.07) is 9.64. The normalized spacial score (nSPS) is 10.6. The maximum Gasteiger partial charge on any atom is 0.224 e. The van der Waals surface area contributed by atoms with Crippen molar-refractivity contribution in [2.45, 2.75) is 32.8 Å². The summed E-state index contributed by atoms with van der Waals surface area (Å²) in [5.41, 5.74) is 7.05. The van der Waals surface area contributed by atoms with E-state index < -0.39 is 0 Å². The van der Waals surface area contributed by atoms with Crippen LogP contribution in [0.15, 0.2) is 30.3 Å². The summed E-state index contributed by atoms with van der Waals surface area (Å²) in [6.45, 7) is 2.49. The molecule has 2 N–H and O–H groups in total. The van der Waals surface area contributed by atoms with Crippen LogP contribution in [0, 0.1) is 0 Å². The highest BCUT2D eigenvalue weighted by atomic mass is 16.5. The zero-order valence-corrected chi connectivity index (χ0v) is 12.5. The van der Waals surface area contributed by atoms with Gasteiger partial charge in [0.25, 0.3) is 0 Å². The van der Waals surface area contributed by atoms with Crippen LogP contribution >= 0.6 is 0 Å². The molecule has 0 bridgehead atoms. The zero-order chi connectivity index (χ0) is 15.1. The number of ether oxygens (including phenoxy) is 2. The minimum absolute atomic E-state index is 0.303. The van der Waals surface area contributed by atoms with E-state index in [-0.39, 0.29) is 0 Å². The summed E-state index contributed by atoms with van der Waals surface area (Å²) in [5, 5.41) is 0. The van der Waals surface area contributed by atoms with Crippen LogP contribution in [0.5, 0.6) is 11.6 Å². The van der Waals surface area contributed by atoms with Crippen molar-refractivity contribution in [3.63, 3.8) is 0 Å². The Kier molecular flexibility index (Phi) is 5.51. The molecule has 21 heavy (non-hydrogen) atoms. The SMILES string of the molecule is CCCCc1ccc(Oc2cc(N)nc(COC)n2)cc1. The van der Waals surface area contributed by atoms with Crippen molar-refractivity contribution in [3.8, 4) is 11.6 Å². The lowest BCUT2D eigenvalue weighted by molar-refractivity contribution is 0.177. The molecule has 0 aliphatic carbocycles. The standard InChI is InChI=1S/C16H21N3O2/c1-3-4-5-12-6-8-13(9-7-12)21-16-10-14(17)18-15(19-16)11-20-2/h6-10H,3-5,11H2,1-2H3,(H2,17,18,19). The van der Waals surface area contributed by atoms with Gasteiger partial charge in [-0.25, -0.2) is 4.98 Å².